The first kappa shape index (κ1) is 24.7. The van der Waals surface area contributed by atoms with Crippen LogP contribution in [0.2, 0.25) is 0 Å². The molecule has 0 spiro atoms. The summed E-state index contributed by atoms with van der Waals surface area (Å²) in [5.74, 6) is -0.774. The predicted molar refractivity (Wildman–Crippen MR) is 114 cm³/mol. The number of aliphatic carboxylic acids is 1. The van der Waals surface area contributed by atoms with E-state index in [4.69, 9.17) is 14.9 Å². The molecule has 1 heterocycles. The van der Waals surface area contributed by atoms with Crippen LogP contribution in [0.4, 0.5) is 0 Å². The van der Waals surface area contributed by atoms with E-state index in [1.165, 1.54) is 0 Å². The maximum atomic E-state index is 12.1. The second kappa shape index (κ2) is 12.2. The molecule has 7 heteroatoms. The van der Waals surface area contributed by atoms with Gasteiger partial charge in [-0.2, -0.15) is 0 Å². The van der Waals surface area contributed by atoms with Gasteiger partial charge in [0, 0.05) is 55.7 Å². The zero-order valence-corrected chi connectivity index (χ0v) is 18.1. The molecule has 3 N–H and O–H groups in total. The van der Waals surface area contributed by atoms with Crippen LogP contribution in [0.15, 0.2) is 24.4 Å². The van der Waals surface area contributed by atoms with E-state index in [0.29, 0.717) is 17.8 Å². The quantitative estimate of drug-likeness (QED) is 0.411. The highest BCUT2D eigenvalue weighted by Gasteiger charge is 2.17. The van der Waals surface area contributed by atoms with Crippen LogP contribution in [0, 0.1) is 0 Å². The van der Waals surface area contributed by atoms with Gasteiger partial charge in [-0.05, 0) is 58.2 Å². The molecule has 0 aliphatic carbocycles. The van der Waals surface area contributed by atoms with Crippen molar-refractivity contribution in [3.63, 3.8) is 0 Å². The number of aliphatic hydroxyl groups is 1. The number of nitrogens with one attached hydrogen (secondary N) is 1. The van der Waals surface area contributed by atoms with Crippen LogP contribution in [0.1, 0.15) is 52.5 Å². The average molecular weight is 407 g/mol. The van der Waals surface area contributed by atoms with Crippen LogP contribution in [-0.4, -0.2) is 57.8 Å². The highest BCUT2D eigenvalue weighted by Crippen LogP contribution is 2.30. The van der Waals surface area contributed by atoms with Gasteiger partial charge < -0.3 is 19.9 Å². The Kier molecular flexibility index (Phi) is 10.4. The molecular weight excluding hydrogens is 372 g/mol. The molecule has 0 unspecified atom stereocenters. The Morgan fingerprint density at radius 2 is 1.76 bits per heavy atom. The lowest BCUT2D eigenvalue weighted by atomic mass is 10.1. The molecular formula is C22H34N2O5. The lowest BCUT2D eigenvalue weighted by molar-refractivity contribution is -0.137. The number of carbonyl (C=O) groups excluding carboxylic acids is 1. The maximum Gasteiger partial charge on any atom is 0.311 e. The smallest absolute Gasteiger partial charge is 0.311 e. The number of H-pyrrole nitrogens is 1. The van der Waals surface area contributed by atoms with E-state index >= 15 is 0 Å². The Bertz CT molecular complexity index is 775. The van der Waals surface area contributed by atoms with Crippen molar-refractivity contribution in [3.8, 4) is 5.75 Å². The van der Waals surface area contributed by atoms with Gasteiger partial charge in [0.15, 0.2) is 0 Å². The molecule has 0 saturated heterocycles. The molecule has 0 saturated carbocycles. The molecule has 0 atom stereocenters. The monoisotopic (exact) mass is 406 g/mol. The van der Waals surface area contributed by atoms with Crippen LogP contribution in [0.5, 0.6) is 5.75 Å². The normalized spacial score (nSPS) is 11.1. The van der Waals surface area contributed by atoms with Crippen molar-refractivity contribution in [1.82, 2.24) is 9.88 Å². The van der Waals surface area contributed by atoms with Crippen LogP contribution in [0.25, 0.3) is 10.9 Å². The third-order valence-corrected chi connectivity index (χ3v) is 4.71. The van der Waals surface area contributed by atoms with Gasteiger partial charge in [0.2, 0.25) is 0 Å². The lowest BCUT2D eigenvalue weighted by Gasteiger charge is -2.30. The fourth-order valence-electron chi connectivity index (χ4n) is 3.42. The Morgan fingerprint density at radius 1 is 1.10 bits per heavy atom. The summed E-state index contributed by atoms with van der Waals surface area (Å²) in [5, 5.41) is 16.6. The van der Waals surface area contributed by atoms with E-state index < -0.39 is 11.9 Å². The number of ether oxygens (including phenoxy) is 1. The fraction of sp³-hybridized carbons (Fsp3) is 0.545. The second-order valence-electron chi connectivity index (χ2n) is 7.39. The van der Waals surface area contributed by atoms with Gasteiger partial charge >= 0.3 is 11.9 Å². The third-order valence-electron chi connectivity index (χ3n) is 4.71. The van der Waals surface area contributed by atoms with Gasteiger partial charge in [0.25, 0.3) is 0 Å². The van der Waals surface area contributed by atoms with Crippen LogP contribution in [0.3, 0.4) is 0 Å². The van der Waals surface area contributed by atoms with Crippen molar-refractivity contribution in [2.45, 2.75) is 65.5 Å². The first-order valence-electron chi connectivity index (χ1n) is 10.0. The molecule has 1 aromatic carbocycles. The fourth-order valence-corrected chi connectivity index (χ4v) is 3.42. The van der Waals surface area contributed by atoms with E-state index in [1.54, 1.807) is 6.07 Å². The summed E-state index contributed by atoms with van der Waals surface area (Å²) >= 11 is 0. The summed E-state index contributed by atoms with van der Waals surface area (Å²) in [5.41, 5.74) is 2.05. The van der Waals surface area contributed by atoms with Crippen molar-refractivity contribution >= 4 is 22.8 Å². The van der Waals surface area contributed by atoms with Gasteiger partial charge in [-0.1, -0.05) is 6.07 Å². The number of hydrogen-bond donors (Lipinski definition) is 3. The summed E-state index contributed by atoms with van der Waals surface area (Å²) in [4.78, 5) is 28.4. The summed E-state index contributed by atoms with van der Waals surface area (Å²) in [6.45, 7) is 9.70. The van der Waals surface area contributed by atoms with Gasteiger partial charge in [-0.3, -0.25) is 14.5 Å². The van der Waals surface area contributed by atoms with Gasteiger partial charge in [0.1, 0.15) is 5.75 Å². The molecule has 0 fully saturated rings. The molecule has 0 bridgehead atoms. The predicted octanol–water partition coefficient (Wildman–Crippen LogP) is 3.60. The number of aliphatic hydroxyl groups excluding tert-OH is 1. The van der Waals surface area contributed by atoms with Crippen molar-refractivity contribution in [2.24, 2.45) is 0 Å². The van der Waals surface area contributed by atoms with E-state index in [2.05, 4.69) is 37.6 Å². The molecule has 162 valence electrons. The summed E-state index contributed by atoms with van der Waals surface area (Å²) in [6.07, 6.45) is 3.17. The van der Waals surface area contributed by atoms with E-state index in [-0.39, 0.29) is 19.3 Å². The van der Waals surface area contributed by atoms with E-state index in [0.717, 1.165) is 36.5 Å². The van der Waals surface area contributed by atoms with Crippen molar-refractivity contribution in [2.75, 3.05) is 13.7 Å². The number of nitrogens with zero attached hydrogens (tertiary/aromatic N) is 1. The third kappa shape index (κ3) is 7.51. The minimum atomic E-state index is -0.905. The van der Waals surface area contributed by atoms with Gasteiger partial charge in [-0.25, -0.2) is 0 Å². The highest BCUT2D eigenvalue weighted by molar-refractivity contribution is 5.91. The van der Waals surface area contributed by atoms with Crippen LogP contribution < -0.4 is 4.74 Å². The Hall–Kier alpha value is -2.38. The largest absolute Gasteiger partial charge is 0.481 e. The number of hydrogen-bond acceptors (Lipinski definition) is 5. The number of aromatic amines is 1. The van der Waals surface area contributed by atoms with Crippen molar-refractivity contribution < 1.29 is 24.5 Å². The molecule has 0 radical (unpaired) electrons. The lowest BCUT2D eigenvalue weighted by Crippen LogP contribution is -2.38. The number of esters is 1. The standard InChI is InChI=1S/C21H30N2O4.CH4O/c1-14(2)23(15(3)4)12-11-16-13-22-17-7-5-8-18(21(16)17)27-20(26)10-6-9-19(24)25;1-2/h5,7-8,13-15,22H,6,9-12H2,1-4H3,(H,24,25);2H,1H3. The molecule has 0 aliphatic heterocycles. The Labute approximate surface area is 172 Å². The number of benzene rings is 1. The topological polar surface area (TPSA) is 103 Å². The SMILES string of the molecule is CC(C)N(CCc1c[nH]c2cccc(OC(=O)CCCC(=O)O)c12)C(C)C.CO. The summed E-state index contributed by atoms with van der Waals surface area (Å²) < 4.78 is 5.54. The first-order valence-corrected chi connectivity index (χ1v) is 10.0. The zero-order chi connectivity index (χ0) is 22.0. The number of aromatic nitrogens is 1. The number of carbonyl (C=O) groups is 2. The number of carboxylic acids is 1. The minimum Gasteiger partial charge on any atom is -0.481 e. The second-order valence-corrected chi connectivity index (χ2v) is 7.39. The van der Waals surface area contributed by atoms with Crippen LogP contribution >= 0.6 is 0 Å². The van der Waals surface area contributed by atoms with E-state index in [1.807, 2.05) is 18.3 Å². The van der Waals surface area contributed by atoms with Crippen LogP contribution in [-0.2, 0) is 16.0 Å². The van der Waals surface area contributed by atoms with Gasteiger partial charge in [-0.15, -0.1) is 0 Å². The molecule has 1 aromatic heterocycles. The maximum absolute atomic E-state index is 12.1. The molecule has 2 rings (SSSR count). The Balaban J connectivity index is 0.00000204. The minimum absolute atomic E-state index is 0.0328. The molecule has 0 aliphatic rings. The number of fused-ring (bicyclic) bond motifs is 1. The van der Waals surface area contributed by atoms with E-state index in [9.17, 15) is 9.59 Å². The summed E-state index contributed by atoms with van der Waals surface area (Å²) in [6, 6.07) is 6.51. The van der Waals surface area contributed by atoms with Gasteiger partial charge in [0.05, 0.1) is 0 Å². The zero-order valence-electron chi connectivity index (χ0n) is 18.1. The molecule has 7 nitrogen and oxygen atoms in total. The molecule has 2 aromatic rings. The number of rotatable bonds is 10. The highest BCUT2D eigenvalue weighted by atomic mass is 16.5. The summed E-state index contributed by atoms with van der Waals surface area (Å²) in [7, 11) is 1.00. The molecule has 29 heavy (non-hydrogen) atoms. The average Bonchev–Trinajstić information content (AvgIpc) is 3.07. The van der Waals surface area contributed by atoms with Crippen molar-refractivity contribution in [1.29, 1.82) is 0 Å². The first-order chi connectivity index (χ1) is 13.8. The van der Waals surface area contributed by atoms with Crippen molar-refractivity contribution in [3.05, 3.63) is 30.0 Å². The number of carboxylic acid groups (broad SMARTS) is 1. The Morgan fingerprint density at radius 3 is 2.34 bits per heavy atom. The molecule has 0 amide bonds.